The van der Waals surface area contributed by atoms with Crippen LogP contribution in [0.1, 0.15) is 11.8 Å². The number of nitrogens with zero attached hydrogens (tertiary/aromatic N) is 2. The summed E-state index contributed by atoms with van der Waals surface area (Å²) in [5.41, 5.74) is 0.916. The van der Waals surface area contributed by atoms with Crippen LogP contribution in [-0.2, 0) is 4.74 Å². The van der Waals surface area contributed by atoms with E-state index in [-0.39, 0.29) is 21.8 Å². The summed E-state index contributed by atoms with van der Waals surface area (Å²) in [5.74, 6) is 0. The third-order valence-corrected chi connectivity index (χ3v) is 4.05. The maximum Gasteiger partial charge on any atom is 0.148 e. The van der Waals surface area contributed by atoms with Crippen LogP contribution in [-0.4, -0.2) is 38.4 Å². The van der Waals surface area contributed by atoms with Gasteiger partial charge in [0.25, 0.3) is 0 Å². The van der Waals surface area contributed by atoms with Crippen LogP contribution >= 0.6 is 34.8 Å². The van der Waals surface area contributed by atoms with E-state index in [1.165, 1.54) is 0 Å². The summed E-state index contributed by atoms with van der Waals surface area (Å²) in [7, 11) is 0. The molecular weight excluding hydrogens is 314 g/mol. The molecule has 0 radical (unpaired) electrons. The second-order valence-electron chi connectivity index (χ2n) is 4.30. The zero-order chi connectivity index (χ0) is 13.7. The second kappa shape index (κ2) is 4.77. The van der Waals surface area contributed by atoms with Crippen LogP contribution in [0.15, 0.2) is 12.3 Å². The number of pyridine rings is 1. The number of hydrogen-bond donors (Lipinski definition) is 2. The fourth-order valence-electron chi connectivity index (χ4n) is 2.17. The number of aliphatic hydroxyl groups excluding tert-OH is 2. The van der Waals surface area contributed by atoms with Gasteiger partial charge in [-0.15, -0.1) is 0 Å². The first kappa shape index (κ1) is 13.4. The van der Waals surface area contributed by atoms with Gasteiger partial charge in [-0.2, -0.15) is 0 Å². The van der Waals surface area contributed by atoms with Crippen LogP contribution in [0, 0.1) is 0 Å². The van der Waals surface area contributed by atoms with E-state index in [2.05, 4.69) is 4.98 Å². The Kier molecular flexibility index (Phi) is 3.37. The van der Waals surface area contributed by atoms with Crippen LogP contribution in [0.5, 0.6) is 0 Å². The van der Waals surface area contributed by atoms with Gasteiger partial charge < -0.3 is 14.9 Å². The second-order valence-corrected chi connectivity index (χ2v) is 5.47. The molecular formula is C11H9Cl3N2O3. The highest BCUT2D eigenvalue weighted by Crippen LogP contribution is 2.38. The van der Waals surface area contributed by atoms with Crippen molar-refractivity contribution in [2.24, 2.45) is 0 Å². The third-order valence-electron chi connectivity index (χ3n) is 3.07. The molecule has 1 aliphatic rings. The highest BCUT2D eigenvalue weighted by molar-refractivity contribution is 6.42. The number of halogens is 3. The Morgan fingerprint density at radius 2 is 2.05 bits per heavy atom. The van der Waals surface area contributed by atoms with E-state index in [0.717, 1.165) is 0 Å². The normalized spacial score (nSPS) is 27.3. The van der Waals surface area contributed by atoms with Gasteiger partial charge >= 0.3 is 0 Å². The monoisotopic (exact) mass is 322 g/mol. The van der Waals surface area contributed by atoms with E-state index in [1.54, 1.807) is 16.7 Å². The molecule has 3 heterocycles. The number of rotatable bonds is 1. The smallest absolute Gasteiger partial charge is 0.148 e. The van der Waals surface area contributed by atoms with E-state index in [0.29, 0.717) is 11.3 Å². The molecule has 0 amide bonds. The number of ether oxygens (including phenoxy) is 1. The summed E-state index contributed by atoms with van der Waals surface area (Å²) in [6.45, 7) is 0.0264. The van der Waals surface area contributed by atoms with Gasteiger partial charge in [-0.3, -0.25) is 4.40 Å². The molecule has 0 saturated carbocycles. The van der Waals surface area contributed by atoms with Crippen molar-refractivity contribution < 1.29 is 14.9 Å². The lowest BCUT2D eigenvalue weighted by Gasteiger charge is -2.18. The zero-order valence-corrected chi connectivity index (χ0v) is 11.7. The molecule has 1 aliphatic heterocycles. The van der Waals surface area contributed by atoms with E-state index in [4.69, 9.17) is 39.5 Å². The molecule has 2 aromatic heterocycles. The van der Waals surface area contributed by atoms with Gasteiger partial charge in [0.1, 0.15) is 29.1 Å². The topological polar surface area (TPSA) is 67.0 Å². The molecule has 1 saturated heterocycles. The van der Waals surface area contributed by atoms with Gasteiger partial charge in [-0.05, 0) is 0 Å². The molecule has 19 heavy (non-hydrogen) atoms. The molecule has 0 bridgehead atoms. The van der Waals surface area contributed by atoms with Gasteiger partial charge in [0, 0.05) is 12.3 Å². The summed E-state index contributed by atoms with van der Waals surface area (Å²) >= 11 is 18.1. The molecule has 1 unspecified atom stereocenters. The van der Waals surface area contributed by atoms with Crippen molar-refractivity contribution >= 4 is 40.4 Å². The molecule has 8 heteroatoms. The average molecular weight is 324 g/mol. The van der Waals surface area contributed by atoms with E-state index in [9.17, 15) is 10.2 Å². The van der Waals surface area contributed by atoms with Gasteiger partial charge in [0.2, 0.25) is 0 Å². The van der Waals surface area contributed by atoms with Crippen molar-refractivity contribution in [1.29, 1.82) is 0 Å². The molecule has 2 N–H and O–H groups in total. The van der Waals surface area contributed by atoms with Crippen molar-refractivity contribution in [3.8, 4) is 0 Å². The van der Waals surface area contributed by atoms with E-state index >= 15 is 0 Å². The highest BCUT2D eigenvalue weighted by Gasteiger charge is 2.38. The average Bonchev–Trinajstić information content (AvgIpc) is 2.86. The van der Waals surface area contributed by atoms with Gasteiger partial charge in [-0.25, -0.2) is 4.98 Å². The highest BCUT2D eigenvalue weighted by atomic mass is 35.5. The minimum absolute atomic E-state index is 0.0264. The van der Waals surface area contributed by atoms with Crippen molar-refractivity contribution in [2.75, 3.05) is 6.61 Å². The molecule has 0 aromatic carbocycles. The Labute approximate surface area is 123 Å². The summed E-state index contributed by atoms with van der Waals surface area (Å²) in [6, 6.07) is 1.57. The Morgan fingerprint density at radius 1 is 1.32 bits per heavy atom. The Morgan fingerprint density at radius 3 is 2.68 bits per heavy atom. The molecule has 102 valence electrons. The first-order valence-electron chi connectivity index (χ1n) is 5.49. The van der Waals surface area contributed by atoms with Crippen LogP contribution in [0.25, 0.3) is 5.65 Å². The van der Waals surface area contributed by atoms with Crippen molar-refractivity contribution in [3.05, 3.63) is 33.2 Å². The first-order valence-corrected chi connectivity index (χ1v) is 6.62. The van der Waals surface area contributed by atoms with E-state index < -0.39 is 18.3 Å². The number of aliphatic hydroxyl groups is 2. The standard InChI is InChI=1S/C11H9Cl3N2O3/c12-4-1-7-15-6(13)2-16(7)9(8(4)14)11-10(18)5(17)3-19-11/h1-2,5,10-11,17-18H,3H2/t5-,10-,11?/m1/s1. The van der Waals surface area contributed by atoms with Crippen LogP contribution in [0.3, 0.4) is 0 Å². The predicted molar refractivity (Wildman–Crippen MR) is 70.9 cm³/mol. The molecule has 2 aromatic rings. The molecule has 3 atom stereocenters. The number of imidazole rings is 1. The molecule has 0 aliphatic carbocycles. The van der Waals surface area contributed by atoms with Crippen molar-refractivity contribution in [1.82, 2.24) is 9.38 Å². The fraction of sp³-hybridized carbons (Fsp3) is 0.364. The summed E-state index contributed by atoms with van der Waals surface area (Å²) < 4.78 is 6.98. The SMILES string of the molecule is O[C@@H]1COC(c2c(Cl)c(Cl)cc3nc(Cl)cn23)[C@@H]1O. The predicted octanol–water partition coefficient (Wildman–Crippen LogP) is 2.09. The summed E-state index contributed by atoms with van der Waals surface area (Å²) in [6.07, 6.45) is -1.28. The Balaban J connectivity index is 2.24. The summed E-state index contributed by atoms with van der Waals surface area (Å²) in [4.78, 5) is 4.08. The summed E-state index contributed by atoms with van der Waals surface area (Å²) in [5, 5.41) is 20.3. The largest absolute Gasteiger partial charge is 0.388 e. The Hall–Kier alpha value is -0.560. The lowest BCUT2D eigenvalue weighted by Crippen LogP contribution is -2.26. The number of fused-ring (bicyclic) bond motifs is 1. The van der Waals surface area contributed by atoms with Crippen LogP contribution in [0.4, 0.5) is 0 Å². The quantitative estimate of drug-likeness (QED) is 0.843. The lowest BCUT2D eigenvalue weighted by atomic mass is 10.1. The van der Waals surface area contributed by atoms with Crippen LogP contribution < -0.4 is 0 Å². The maximum absolute atomic E-state index is 9.95. The third kappa shape index (κ3) is 2.11. The zero-order valence-electron chi connectivity index (χ0n) is 9.42. The molecule has 3 rings (SSSR count). The Bertz CT molecular complexity index is 646. The van der Waals surface area contributed by atoms with Gasteiger partial charge in [-0.1, -0.05) is 34.8 Å². The first-order chi connectivity index (χ1) is 8.99. The molecule has 0 spiro atoms. The van der Waals surface area contributed by atoms with Gasteiger partial charge in [0.05, 0.1) is 22.3 Å². The molecule has 1 fully saturated rings. The maximum atomic E-state index is 9.95. The number of aromatic nitrogens is 2. The minimum Gasteiger partial charge on any atom is -0.388 e. The van der Waals surface area contributed by atoms with Crippen molar-refractivity contribution in [2.45, 2.75) is 18.3 Å². The van der Waals surface area contributed by atoms with Crippen LogP contribution in [0.2, 0.25) is 15.2 Å². The molecule has 5 nitrogen and oxygen atoms in total. The minimum atomic E-state index is -1.08. The number of hydrogen-bond acceptors (Lipinski definition) is 4. The lowest BCUT2D eigenvalue weighted by molar-refractivity contribution is 0.0200. The fourth-order valence-corrected chi connectivity index (χ4v) is 2.80. The van der Waals surface area contributed by atoms with Gasteiger partial charge in [0.15, 0.2) is 0 Å². The van der Waals surface area contributed by atoms with E-state index in [1.807, 2.05) is 0 Å². The van der Waals surface area contributed by atoms with Crippen molar-refractivity contribution in [3.63, 3.8) is 0 Å².